The molecule has 9 aromatic carbocycles. The molecule has 3 aromatic heterocycles. The quantitative estimate of drug-likeness (QED) is 0.162. The van der Waals surface area contributed by atoms with Crippen molar-refractivity contribution in [2.45, 2.75) is 0 Å². The molecule has 0 fully saturated rings. The summed E-state index contributed by atoms with van der Waals surface area (Å²) >= 11 is 0. The van der Waals surface area contributed by atoms with Gasteiger partial charge in [-0.3, -0.25) is 4.57 Å². The summed E-state index contributed by atoms with van der Waals surface area (Å²) in [5.41, 5.74) is 13.9. The van der Waals surface area contributed by atoms with Crippen LogP contribution in [0, 0.1) is 0 Å². The van der Waals surface area contributed by atoms with Crippen LogP contribution in [0.15, 0.2) is 224 Å². The Morgan fingerprint density at radius 1 is 0.274 bits per heavy atom. The van der Waals surface area contributed by atoms with E-state index in [1.165, 1.54) is 5.39 Å². The zero-order valence-corrected chi connectivity index (χ0v) is 33.6. The highest BCUT2D eigenvalue weighted by Gasteiger charge is 2.25. The zero-order chi connectivity index (χ0) is 41.0. The molecular formula is C57H37N5. The van der Waals surface area contributed by atoms with E-state index in [2.05, 4.69) is 209 Å². The third kappa shape index (κ3) is 5.82. The summed E-state index contributed by atoms with van der Waals surface area (Å²) in [6, 6.07) is 79.3. The lowest BCUT2D eigenvalue weighted by atomic mass is 9.98. The molecule has 5 heteroatoms. The number of hydrogen-bond acceptors (Lipinski definition) is 3. The van der Waals surface area contributed by atoms with Crippen molar-refractivity contribution in [3.8, 4) is 67.8 Å². The smallest absolute Gasteiger partial charge is 0.238 e. The summed E-state index contributed by atoms with van der Waals surface area (Å²) in [5.74, 6) is 1.76. The fourth-order valence-corrected chi connectivity index (χ4v) is 9.20. The minimum absolute atomic E-state index is 0.550. The summed E-state index contributed by atoms with van der Waals surface area (Å²) in [6.45, 7) is 0. The second kappa shape index (κ2) is 14.7. The van der Waals surface area contributed by atoms with E-state index in [0.29, 0.717) is 17.6 Å². The van der Waals surface area contributed by atoms with Crippen molar-refractivity contribution in [3.05, 3.63) is 224 Å². The van der Waals surface area contributed by atoms with Crippen LogP contribution in [-0.2, 0) is 0 Å². The minimum Gasteiger partial charge on any atom is -0.307 e. The number of benzene rings is 9. The third-order valence-electron chi connectivity index (χ3n) is 12.0. The van der Waals surface area contributed by atoms with Crippen molar-refractivity contribution in [2.24, 2.45) is 0 Å². The van der Waals surface area contributed by atoms with Gasteiger partial charge >= 0.3 is 0 Å². The van der Waals surface area contributed by atoms with Gasteiger partial charge < -0.3 is 4.57 Å². The molecule has 290 valence electrons. The van der Waals surface area contributed by atoms with Gasteiger partial charge in [0.05, 0.1) is 27.8 Å². The van der Waals surface area contributed by atoms with Gasteiger partial charge in [0.1, 0.15) is 0 Å². The standard InChI is InChI=1S/C57H37N5/c1-5-19-38(20-6-1)42-33-34-44(40-23-9-3-10-24-40)52(37-42)61-50-31-17-15-28-45(50)47-35-36-48-46-29-16-18-32-51(46)62(54(48)53(47)61)57-59-55(41-25-11-4-12-26-41)58-56(60-57)49-30-14-13-27-43(49)39-21-7-2-8-22-39/h1-37H. The Morgan fingerprint density at radius 2 is 0.742 bits per heavy atom. The van der Waals surface area contributed by atoms with E-state index in [4.69, 9.17) is 15.0 Å². The maximum atomic E-state index is 5.47. The first kappa shape index (κ1) is 35.5. The third-order valence-corrected chi connectivity index (χ3v) is 12.0. The van der Waals surface area contributed by atoms with E-state index < -0.39 is 0 Å². The topological polar surface area (TPSA) is 48.5 Å². The molecule has 0 N–H and O–H groups in total. The van der Waals surface area contributed by atoms with Gasteiger partial charge in [-0.25, -0.2) is 4.98 Å². The molecule has 0 radical (unpaired) electrons. The number of rotatable bonds is 7. The van der Waals surface area contributed by atoms with E-state index in [0.717, 1.165) is 88.4 Å². The van der Waals surface area contributed by atoms with E-state index in [1.54, 1.807) is 0 Å². The molecule has 0 bridgehead atoms. The SMILES string of the molecule is c1ccc(-c2ccc(-c3ccccc3)c(-n3c4ccccc4c4ccc5c6ccccc6n(-c6nc(-c7ccccc7)nc(-c7ccccc7-c7ccccc7)n6)c5c43)c2)cc1. The van der Waals surface area contributed by atoms with Gasteiger partial charge in [0, 0.05) is 38.2 Å². The lowest BCUT2D eigenvalue weighted by Crippen LogP contribution is -2.07. The highest BCUT2D eigenvalue weighted by molar-refractivity contribution is 6.24. The molecule has 0 aliphatic carbocycles. The second-order valence-corrected chi connectivity index (χ2v) is 15.6. The first-order chi connectivity index (χ1) is 30.8. The second-order valence-electron chi connectivity index (χ2n) is 15.6. The van der Waals surface area contributed by atoms with Crippen LogP contribution in [0.1, 0.15) is 0 Å². The number of nitrogens with zero attached hydrogens (tertiary/aromatic N) is 5. The monoisotopic (exact) mass is 791 g/mol. The van der Waals surface area contributed by atoms with Gasteiger partial charge in [0.25, 0.3) is 0 Å². The van der Waals surface area contributed by atoms with Crippen molar-refractivity contribution >= 4 is 43.6 Å². The van der Waals surface area contributed by atoms with Crippen LogP contribution in [0.3, 0.4) is 0 Å². The zero-order valence-electron chi connectivity index (χ0n) is 33.6. The Hall–Kier alpha value is -8.41. The van der Waals surface area contributed by atoms with E-state index in [1.807, 2.05) is 24.3 Å². The first-order valence-electron chi connectivity index (χ1n) is 21.0. The molecule has 0 unspecified atom stereocenters. The molecule has 0 aliphatic heterocycles. The van der Waals surface area contributed by atoms with Gasteiger partial charge in [-0.1, -0.05) is 206 Å². The Bertz CT molecular complexity index is 3610. The Morgan fingerprint density at radius 3 is 1.37 bits per heavy atom. The predicted octanol–water partition coefficient (Wildman–Crippen LogP) is 14.4. The largest absolute Gasteiger partial charge is 0.307 e. The summed E-state index contributed by atoms with van der Waals surface area (Å²) in [4.78, 5) is 16.1. The van der Waals surface area contributed by atoms with Crippen LogP contribution >= 0.6 is 0 Å². The van der Waals surface area contributed by atoms with Gasteiger partial charge in [-0.15, -0.1) is 0 Å². The number of fused-ring (bicyclic) bond motifs is 7. The predicted molar refractivity (Wildman–Crippen MR) is 256 cm³/mol. The number of hydrogen-bond donors (Lipinski definition) is 0. The van der Waals surface area contributed by atoms with E-state index in [-0.39, 0.29) is 0 Å². The summed E-state index contributed by atoms with van der Waals surface area (Å²) in [5, 5.41) is 4.55. The van der Waals surface area contributed by atoms with Gasteiger partial charge in [0.2, 0.25) is 5.95 Å². The van der Waals surface area contributed by atoms with Crippen molar-refractivity contribution in [2.75, 3.05) is 0 Å². The molecule has 0 atom stereocenters. The van der Waals surface area contributed by atoms with Crippen molar-refractivity contribution in [3.63, 3.8) is 0 Å². The average Bonchev–Trinajstić information content (AvgIpc) is 3.88. The van der Waals surface area contributed by atoms with Crippen LogP contribution < -0.4 is 0 Å². The van der Waals surface area contributed by atoms with Crippen molar-refractivity contribution < 1.29 is 0 Å². The molecule has 0 aliphatic rings. The molecule has 62 heavy (non-hydrogen) atoms. The minimum atomic E-state index is 0.550. The van der Waals surface area contributed by atoms with Gasteiger partial charge in [-0.2, -0.15) is 9.97 Å². The van der Waals surface area contributed by atoms with Crippen LogP contribution in [-0.4, -0.2) is 24.1 Å². The fourth-order valence-electron chi connectivity index (χ4n) is 9.20. The molecule has 0 saturated heterocycles. The Kier molecular flexibility index (Phi) is 8.42. The molecule has 0 saturated carbocycles. The molecule has 0 spiro atoms. The molecule has 12 rings (SSSR count). The highest BCUT2D eigenvalue weighted by atomic mass is 15.2. The van der Waals surface area contributed by atoms with Crippen LogP contribution in [0.5, 0.6) is 0 Å². The van der Waals surface area contributed by atoms with Crippen LogP contribution in [0.2, 0.25) is 0 Å². The van der Waals surface area contributed by atoms with Crippen LogP contribution in [0.25, 0.3) is 111 Å². The Balaban J connectivity index is 1.23. The number of para-hydroxylation sites is 2. The number of aromatic nitrogens is 5. The van der Waals surface area contributed by atoms with Gasteiger partial charge in [0.15, 0.2) is 11.6 Å². The summed E-state index contributed by atoms with van der Waals surface area (Å²) in [7, 11) is 0. The normalized spacial score (nSPS) is 11.5. The van der Waals surface area contributed by atoms with Crippen molar-refractivity contribution in [1.82, 2.24) is 24.1 Å². The molecular weight excluding hydrogens is 755 g/mol. The molecule has 0 amide bonds. The highest BCUT2D eigenvalue weighted by Crippen LogP contribution is 2.44. The van der Waals surface area contributed by atoms with Crippen LogP contribution in [0.4, 0.5) is 0 Å². The van der Waals surface area contributed by atoms with Crippen molar-refractivity contribution in [1.29, 1.82) is 0 Å². The van der Waals surface area contributed by atoms with E-state index >= 15 is 0 Å². The lowest BCUT2D eigenvalue weighted by Gasteiger charge is -2.17. The fraction of sp³-hybridized carbons (Fsp3) is 0. The average molecular weight is 792 g/mol. The first-order valence-corrected chi connectivity index (χ1v) is 21.0. The maximum absolute atomic E-state index is 5.47. The van der Waals surface area contributed by atoms with E-state index in [9.17, 15) is 0 Å². The molecule has 12 aromatic rings. The molecule has 3 heterocycles. The maximum Gasteiger partial charge on any atom is 0.238 e. The van der Waals surface area contributed by atoms with Gasteiger partial charge in [-0.05, 0) is 46.0 Å². The molecule has 5 nitrogen and oxygen atoms in total. The summed E-state index contributed by atoms with van der Waals surface area (Å²) < 4.78 is 4.75. The Labute approximate surface area is 358 Å². The summed E-state index contributed by atoms with van der Waals surface area (Å²) in [6.07, 6.45) is 0. The lowest BCUT2D eigenvalue weighted by molar-refractivity contribution is 0.953.